The topological polar surface area (TPSA) is 93.2 Å². The second-order valence-corrected chi connectivity index (χ2v) is 4.15. The predicted molar refractivity (Wildman–Crippen MR) is 64.9 cm³/mol. The first-order valence-electron chi connectivity index (χ1n) is 6.02. The number of rotatable bonds is 3. The lowest BCUT2D eigenvalue weighted by Gasteiger charge is -2.20. The molecular weight excluding hydrogens is 248 g/mol. The second kappa shape index (κ2) is 4.74. The van der Waals surface area contributed by atoms with Crippen molar-refractivity contribution in [2.75, 3.05) is 19.8 Å². The molecule has 98 valence electrons. The van der Waals surface area contributed by atoms with E-state index in [0.717, 1.165) is 0 Å². The number of nitriles is 1. The van der Waals surface area contributed by atoms with Crippen LogP contribution in [0.4, 0.5) is 0 Å². The number of ether oxygens (including phenoxy) is 2. The summed E-state index contributed by atoms with van der Waals surface area (Å²) in [5.41, 5.74) is 1.71. The fraction of sp³-hybridized carbons (Fsp3) is 0.417. The average Bonchev–Trinajstić information content (AvgIpc) is 2.87. The molecule has 1 aromatic heterocycles. The molecule has 0 unspecified atom stereocenters. The number of aromatic nitrogens is 3. The van der Waals surface area contributed by atoms with Crippen LogP contribution in [0.25, 0.3) is 11.0 Å². The minimum atomic E-state index is 0.0805. The normalized spacial score (nSPS) is 13.5. The Morgan fingerprint density at radius 2 is 2.16 bits per heavy atom. The predicted octanol–water partition coefficient (Wildman–Crippen LogP) is 0.457. The molecule has 2 heterocycles. The van der Waals surface area contributed by atoms with Crippen LogP contribution in [0.3, 0.4) is 0 Å². The van der Waals surface area contributed by atoms with Crippen molar-refractivity contribution in [3.63, 3.8) is 0 Å². The summed E-state index contributed by atoms with van der Waals surface area (Å²) in [6.07, 6.45) is 0.577. The number of aliphatic hydroxyl groups excluding tert-OH is 1. The van der Waals surface area contributed by atoms with Gasteiger partial charge < -0.3 is 14.6 Å². The first-order chi connectivity index (χ1) is 9.35. The summed E-state index contributed by atoms with van der Waals surface area (Å²) in [6, 6.07) is 3.72. The number of benzene rings is 1. The molecule has 0 bridgehead atoms. The van der Waals surface area contributed by atoms with Crippen molar-refractivity contribution < 1.29 is 14.6 Å². The zero-order chi connectivity index (χ0) is 13.2. The van der Waals surface area contributed by atoms with Gasteiger partial charge in [-0.3, -0.25) is 0 Å². The quantitative estimate of drug-likeness (QED) is 0.861. The van der Waals surface area contributed by atoms with E-state index < -0.39 is 0 Å². The molecule has 2 aromatic rings. The highest BCUT2D eigenvalue weighted by Crippen LogP contribution is 2.39. The molecule has 0 aliphatic carbocycles. The summed E-state index contributed by atoms with van der Waals surface area (Å²) in [5, 5.41) is 26.1. The van der Waals surface area contributed by atoms with Gasteiger partial charge in [0.2, 0.25) is 0 Å². The van der Waals surface area contributed by atoms with Crippen molar-refractivity contribution >= 4 is 11.0 Å². The molecule has 0 spiro atoms. The van der Waals surface area contributed by atoms with Gasteiger partial charge in [0.15, 0.2) is 11.5 Å². The van der Waals surface area contributed by atoms with E-state index >= 15 is 0 Å². The Balaban J connectivity index is 2.20. The Hall–Kier alpha value is -2.33. The van der Waals surface area contributed by atoms with E-state index in [1.54, 1.807) is 10.7 Å². The molecule has 19 heavy (non-hydrogen) atoms. The highest BCUT2D eigenvalue weighted by Gasteiger charge is 2.23. The first-order valence-corrected chi connectivity index (χ1v) is 6.02. The lowest BCUT2D eigenvalue weighted by atomic mass is 10.1. The average molecular weight is 260 g/mol. The Labute approximate surface area is 109 Å². The number of hydrogen-bond acceptors (Lipinski definition) is 6. The third kappa shape index (κ3) is 1.86. The molecule has 7 heteroatoms. The summed E-state index contributed by atoms with van der Waals surface area (Å²) in [7, 11) is 0. The zero-order valence-corrected chi connectivity index (χ0v) is 10.2. The van der Waals surface area contributed by atoms with E-state index in [9.17, 15) is 0 Å². The molecule has 1 aromatic carbocycles. The van der Waals surface area contributed by atoms with Crippen LogP contribution in [0.15, 0.2) is 6.07 Å². The number of nitrogens with zero attached hydrogens (tertiary/aromatic N) is 4. The van der Waals surface area contributed by atoms with Crippen LogP contribution in [0, 0.1) is 11.3 Å². The maximum absolute atomic E-state index is 9.13. The Morgan fingerprint density at radius 1 is 1.37 bits per heavy atom. The molecule has 0 amide bonds. The monoisotopic (exact) mass is 260 g/mol. The largest absolute Gasteiger partial charge is 0.485 e. The zero-order valence-electron chi connectivity index (χ0n) is 10.2. The summed E-state index contributed by atoms with van der Waals surface area (Å²) >= 11 is 0. The Bertz CT molecular complexity index is 659. The summed E-state index contributed by atoms with van der Waals surface area (Å²) in [5.74, 6) is 0.969. The molecule has 3 rings (SSSR count). The van der Waals surface area contributed by atoms with E-state index in [-0.39, 0.29) is 6.61 Å². The minimum absolute atomic E-state index is 0.0805. The van der Waals surface area contributed by atoms with Gasteiger partial charge in [-0.25, -0.2) is 4.68 Å². The van der Waals surface area contributed by atoms with Crippen LogP contribution in [0.1, 0.15) is 12.0 Å². The molecule has 7 nitrogen and oxygen atoms in total. The van der Waals surface area contributed by atoms with Gasteiger partial charge in [0.05, 0.1) is 0 Å². The van der Waals surface area contributed by atoms with Crippen LogP contribution in [0.5, 0.6) is 11.5 Å². The number of hydrogen-bond donors (Lipinski definition) is 1. The van der Waals surface area contributed by atoms with Gasteiger partial charge >= 0.3 is 0 Å². The molecule has 0 radical (unpaired) electrons. The van der Waals surface area contributed by atoms with Gasteiger partial charge in [0.1, 0.15) is 35.9 Å². The summed E-state index contributed by atoms with van der Waals surface area (Å²) in [6.45, 7) is 1.47. The van der Waals surface area contributed by atoms with Gasteiger partial charge in [-0.05, 0) is 12.5 Å². The van der Waals surface area contributed by atoms with Crippen molar-refractivity contribution in [3.05, 3.63) is 11.6 Å². The third-order valence-electron chi connectivity index (χ3n) is 2.93. The van der Waals surface area contributed by atoms with Crippen molar-refractivity contribution in [2.45, 2.75) is 13.0 Å². The van der Waals surface area contributed by atoms with Gasteiger partial charge in [0.25, 0.3) is 0 Å². The molecule has 1 aliphatic heterocycles. The maximum Gasteiger partial charge on any atom is 0.190 e. The van der Waals surface area contributed by atoms with E-state index in [2.05, 4.69) is 16.4 Å². The second-order valence-electron chi connectivity index (χ2n) is 4.15. The highest BCUT2D eigenvalue weighted by atomic mass is 16.6. The van der Waals surface area contributed by atoms with Gasteiger partial charge in [-0.15, -0.1) is 5.10 Å². The SMILES string of the molecule is N#Cc1cc2nnn(CCCO)c2c2c1OCCO2. The van der Waals surface area contributed by atoms with Crippen LogP contribution in [-0.4, -0.2) is 39.9 Å². The van der Waals surface area contributed by atoms with Crippen molar-refractivity contribution in [2.24, 2.45) is 0 Å². The fourth-order valence-corrected chi connectivity index (χ4v) is 2.11. The van der Waals surface area contributed by atoms with Crippen molar-refractivity contribution in [1.82, 2.24) is 15.0 Å². The maximum atomic E-state index is 9.13. The molecular formula is C12H12N4O3. The lowest BCUT2D eigenvalue weighted by Crippen LogP contribution is -2.17. The lowest BCUT2D eigenvalue weighted by molar-refractivity contribution is 0.172. The van der Waals surface area contributed by atoms with Gasteiger partial charge in [-0.2, -0.15) is 5.26 Å². The van der Waals surface area contributed by atoms with Crippen LogP contribution >= 0.6 is 0 Å². The standard InChI is InChI=1S/C12H12N4O3/c13-7-8-6-9-10(12-11(8)18-4-5-19-12)16(15-14-9)2-1-3-17/h6,17H,1-5H2. The summed E-state index contributed by atoms with van der Waals surface area (Å²) in [4.78, 5) is 0. The van der Waals surface area contributed by atoms with Crippen molar-refractivity contribution in [3.8, 4) is 17.6 Å². The number of aryl methyl sites for hydroxylation is 1. The van der Waals surface area contributed by atoms with Crippen LogP contribution in [-0.2, 0) is 6.54 Å². The van der Waals surface area contributed by atoms with E-state index in [1.807, 2.05) is 0 Å². The molecule has 0 saturated carbocycles. The fourth-order valence-electron chi connectivity index (χ4n) is 2.11. The molecule has 0 atom stereocenters. The van der Waals surface area contributed by atoms with Crippen molar-refractivity contribution in [1.29, 1.82) is 5.26 Å². The molecule has 0 fully saturated rings. The smallest absolute Gasteiger partial charge is 0.190 e. The Morgan fingerprint density at radius 3 is 2.89 bits per heavy atom. The Kier molecular flexibility index (Phi) is 2.93. The van der Waals surface area contributed by atoms with E-state index in [1.165, 1.54) is 0 Å². The van der Waals surface area contributed by atoms with Crippen LogP contribution in [0.2, 0.25) is 0 Å². The summed E-state index contributed by atoms with van der Waals surface area (Å²) < 4.78 is 12.8. The third-order valence-corrected chi connectivity index (χ3v) is 2.93. The molecule has 0 saturated heterocycles. The highest BCUT2D eigenvalue weighted by molar-refractivity contribution is 5.87. The number of aliphatic hydroxyl groups is 1. The first kappa shape index (κ1) is 11.7. The van der Waals surface area contributed by atoms with Gasteiger partial charge in [0, 0.05) is 13.2 Å². The molecule has 1 N–H and O–H groups in total. The van der Waals surface area contributed by atoms with E-state index in [0.29, 0.717) is 54.3 Å². The van der Waals surface area contributed by atoms with Crippen LogP contribution < -0.4 is 9.47 Å². The van der Waals surface area contributed by atoms with E-state index in [4.69, 9.17) is 19.8 Å². The minimum Gasteiger partial charge on any atom is -0.485 e. The number of fused-ring (bicyclic) bond motifs is 3. The van der Waals surface area contributed by atoms with Gasteiger partial charge in [-0.1, -0.05) is 5.21 Å². The molecule has 1 aliphatic rings.